The lowest BCUT2D eigenvalue weighted by Gasteiger charge is -2.11. The third-order valence-electron chi connectivity index (χ3n) is 2.50. The van der Waals surface area contributed by atoms with E-state index in [-0.39, 0.29) is 6.04 Å². The first-order chi connectivity index (χ1) is 8.15. The van der Waals surface area contributed by atoms with Crippen LogP contribution in [-0.4, -0.2) is 4.98 Å². The number of nitrogens with two attached hydrogens (primary N) is 1. The Morgan fingerprint density at radius 1 is 1.18 bits per heavy atom. The number of benzene rings is 1. The van der Waals surface area contributed by atoms with Crippen molar-refractivity contribution in [3.05, 3.63) is 63.3 Å². The van der Waals surface area contributed by atoms with Gasteiger partial charge in [-0.2, -0.15) is 0 Å². The molecule has 1 aromatic carbocycles. The van der Waals surface area contributed by atoms with Crippen LogP contribution in [0.15, 0.2) is 47.1 Å². The molecule has 0 saturated carbocycles. The van der Waals surface area contributed by atoms with E-state index >= 15 is 0 Å². The van der Waals surface area contributed by atoms with E-state index in [1.165, 1.54) is 0 Å². The van der Waals surface area contributed by atoms with Crippen LogP contribution in [-0.2, 0) is 6.42 Å². The molecule has 0 aliphatic heterocycles. The summed E-state index contributed by atoms with van der Waals surface area (Å²) in [6, 6.07) is 11.5. The van der Waals surface area contributed by atoms with Gasteiger partial charge < -0.3 is 5.73 Å². The molecule has 1 unspecified atom stereocenters. The van der Waals surface area contributed by atoms with Crippen molar-refractivity contribution in [1.82, 2.24) is 4.98 Å². The van der Waals surface area contributed by atoms with Crippen LogP contribution < -0.4 is 5.73 Å². The van der Waals surface area contributed by atoms with E-state index in [0.29, 0.717) is 0 Å². The zero-order valence-electron chi connectivity index (χ0n) is 9.11. The largest absolute Gasteiger partial charge is 0.322 e. The zero-order chi connectivity index (χ0) is 12.3. The molecule has 0 amide bonds. The average Bonchev–Trinajstić information content (AvgIpc) is 2.33. The first-order valence-corrected chi connectivity index (χ1v) is 6.44. The van der Waals surface area contributed by atoms with Crippen molar-refractivity contribution in [3.8, 4) is 0 Å². The fraction of sp³-hybridized carbons (Fsp3) is 0.154. The van der Waals surface area contributed by atoms with Gasteiger partial charge in [0, 0.05) is 15.7 Å². The van der Waals surface area contributed by atoms with Gasteiger partial charge in [0.1, 0.15) is 0 Å². The minimum atomic E-state index is -0.0933. The molecule has 1 heterocycles. The Morgan fingerprint density at radius 2 is 1.88 bits per heavy atom. The van der Waals surface area contributed by atoms with Gasteiger partial charge in [-0.1, -0.05) is 23.7 Å². The molecule has 0 saturated heterocycles. The van der Waals surface area contributed by atoms with E-state index in [0.717, 1.165) is 27.2 Å². The Bertz CT molecular complexity index is 482. The standard InChI is InChI=1S/C13H12BrClN2/c14-10-3-6-13(17-8-10)12(16)7-9-1-4-11(15)5-2-9/h1-6,8,12H,7,16H2. The summed E-state index contributed by atoms with van der Waals surface area (Å²) in [6.45, 7) is 0. The molecule has 0 radical (unpaired) electrons. The first-order valence-electron chi connectivity index (χ1n) is 5.26. The normalized spacial score (nSPS) is 12.4. The number of hydrogen-bond donors (Lipinski definition) is 1. The Morgan fingerprint density at radius 3 is 2.47 bits per heavy atom. The summed E-state index contributed by atoms with van der Waals surface area (Å²) in [5.41, 5.74) is 8.16. The van der Waals surface area contributed by atoms with Gasteiger partial charge in [-0.3, -0.25) is 4.98 Å². The Kier molecular flexibility index (Phi) is 4.15. The van der Waals surface area contributed by atoms with Crippen molar-refractivity contribution >= 4 is 27.5 Å². The number of hydrogen-bond acceptors (Lipinski definition) is 2. The van der Waals surface area contributed by atoms with Gasteiger partial charge in [0.05, 0.1) is 11.7 Å². The lowest BCUT2D eigenvalue weighted by molar-refractivity contribution is 0.696. The van der Waals surface area contributed by atoms with Gasteiger partial charge in [0.2, 0.25) is 0 Å². The van der Waals surface area contributed by atoms with Crippen molar-refractivity contribution in [2.45, 2.75) is 12.5 Å². The summed E-state index contributed by atoms with van der Waals surface area (Å²) in [7, 11) is 0. The molecule has 2 aromatic rings. The van der Waals surface area contributed by atoms with E-state index in [2.05, 4.69) is 20.9 Å². The van der Waals surface area contributed by atoms with Crippen LogP contribution in [0.1, 0.15) is 17.3 Å². The number of nitrogens with zero attached hydrogens (tertiary/aromatic N) is 1. The second-order valence-electron chi connectivity index (χ2n) is 3.84. The third-order valence-corrected chi connectivity index (χ3v) is 3.22. The molecule has 17 heavy (non-hydrogen) atoms. The lowest BCUT2D eigenvalue weighted by atomic mass is 10.0. The highest BCUT2D eigenvalue weighted by atomic mass is 79.9. The summed E-state index contributed by atoms with van der Waals surface area (Å²) in [5, 5.41) is 0.740. The maximum Gasteiger partial charge on any atom is 0.0575 e. The van der Waals surface area contributed by atoms with E-state index < -0.39 is 0 Å². The Labute approximate surface area is 114 Å². The van der Waals surface area contributed by atoms with Gasteiger partial charge in [0.15, 0.2) is 0 Å². The molecule has 0 bridgehead atoms. The molecule has 0 aliphatic carbocycles. The van der Waals surface area contributed by atoms with Crippen LogP contribution >= 0.6 is 27.5 Å². The van der Waals surface area contributed by atoms with Crippen LogP contribution in [0.2, 0.25) is 5.02 Å². The summed E-state index contributed by atoms with van der Waals surface area (Å²) < 4.78 is 0.958. The Hall–Kier alpha value is -0.900. The SMILES string of the molecule is NC(Cc1ccc(Cl)cc1)c1ccc(Br)cn1. The van der Waals surface area contributed by atoms with E-state index in [1.54, 1.807) is 6.20 Å². The highest BCUT2D eigenvalue weighted by Gasteiger charge is 2.08. The second kappa shape index (κ2) is 5.63. The molecule has 0 aliphatic rings. The maximum atomic E-state index is 6.10. The molecule has 1 atom stereocenters. The van der Waals surface area contributed by atoms with E-state index in [4.69, 9.17) is 17.3 Å². The van der Waals surface area contributed by atoms with Crippen molar-refractivity contribution in [1.29, 1.82) is 0 Å². The van der Waals surface area contributed by atoms with Crippen LogP contribution in [0.4, 0.5) is 0 Å². The maximum absolute atomic E-state index is 6.10. The van der Waals surface area contributed by atoms with Crippen LogP contribution in [0.3, 0.4) is 0 Å². The summed E-state index contributed by atoms with van der Waals surface area (Å²) in [5.74, 6) is 0. The quantitative estimate of drug-likeness (QED) is 0.938. The summed E-state index contributed by atoms with van der Waals surface area (Å²) in [4.78, 5) is 4.29. The molecule has 0 spiro atoms. The molecule has 2 rings (SSSR count). The predicted octanol–water partition coefficient (Wildman–Crippen LogP) is 3.74. The minimum Gasteiger partial charge on any atom is -0.322 e. The topological polar surface area (TPSA) is 38.9 Å². The van der Waals surface area contributed by atoms with Gasteiger partial charge in [-0.15, -0.1) is 0 Å². The van der Waals surface area contributed by atoms with E-state index in [9.17, 15) is 0 Å². The van der Waals surface area contributed by atoms with Crippen molar-refractivity contribution in [3.63, 3.8) is 0 Å². The second-order valence-corrected chi connectivity index (χ2v) is 5.19. The van der Waals surface area contributed by atoms with Crippen molar-refractivity contribution in [2.24, 2.45) is 5.73 Å². The number of aromatic nitrogens is 1. The lowest BCUT2D eigenvalue weighted by Crippen LogP contribution is -2.14. The summed E-state index contributed by atoms with van der Waals surface area (Å²) in [6.07, 6.45) is 2.52. The molecule has 2 nitrogen and oxygen atoms in total. The van der Waals surface area contributed by atoms with Gasteiger partial charge >= 0.3 is 0 Å². The molecule has 88 valence electrons. The van der Waals surface area contributed by atoms with E-state index in [1.807, 2.05) is 36.4 Å². The molecule has 0 fully saturated rings. The van der Waals surface area contributed by atoms with Crippen molar-refractivity contribution < 1.29 is 0 Å². The fourth-order valence-electron chi connectivity index (χ4n) is 1.59. The zero-order valence-corrected chi connectivity index (χ0v) is 11.4. The van der Waals surface area contributed by atoms with Gasteiger partial charge in [0.25, 0.3) is 0 Å². The minimum absolute atomic E-state index is 0.0933. The molecule has 2 N–H and O–H groups in total. The third kappa shape index (κ3) is 3.53. The average molecular weight is 312 g/mol. The molecule has 1 aromatic heterocycles. The number of halogens is 2. The van der Waals surface area contributed by atoms with Gasteiger partial charge in [-0.25, -0.2) is 0 Å². The highest BCUT2D eigenvalue weighted by Crippen LogP contribution is 2.17. The predicted molar refractivity (Wildman–Crippen MR) is 74.0 cm³/mol. The number of pyridine rings is 1. The van der Waals surface area contributed by atoms with Crippen LogP contribution in [0.5, 0.6) is 0 Å². The number of rotatable bonds is 3. The molecular formula is C13H12BrClN2. The first kappa shape index (κ1) is 12.6. The fourth-order valence-corrected chi connectivity index (χ4v) is 1.95. The Balaban J connectivity index is 2.08. The molecule has 4 heteroatoms. The van der Waals surface area contributed by atoms with Crippen LogP contribution in [0, 0.1) is 0 Å². The summed E-state index contributed by atoms with van der Waals surface area (Å²) >= 11 is 9.19. The van der Waals surface area contributed by atoms with Crippen LogP contribution in [0.25, 0.3) is 0 Å². The monoisotopic (exact) mass is 310 g/mol. The smallest absolute Gasteiger partial charge is 0.0575 e. The highest BCUT2D eigenvalue weighted by molar-refractivity contribution is 9.10. The van der Waals surface area contributed by atoms with Gasteiger partial charge in [-0.05, 0) is 52.2 Å². The van der Waals surface area contributed by atoms with Crippen molar-refractivity contribution in [2.75, 3.05) is 0 Å². The molecular weight excluding hydrogens is 300 g/mol.